The Hall–Kier alpha value is -0.870. The van der Waals surface area contributed by atoms with E-state index in [1.807, 2.05) is 25.1 Å². The van der Waals surface area contributed by atoms with E-state index in [1.54, 1.807) is 0 Å². The smallest absolute Gasteiger partial charge is 0.321 e. The van der Waals surface area contributed by atoms with Gasteiger partial charge >= 0.3 is 5.97 Å². The fourth-order valence-corrected chi connectivity index (χ4v) is 3.00. The maximum absolute atomic E-state index is 11.4. The van der Waals surface area contributed by atoms with Crippen molar-refractivity contribution in [3.8, 4) is 0 Å². The number of benzene rings is 1. The van der Waals surface area contributed by atoms with E-state index in [4.69, 9.17) is 0 Å². The minimum atomic E-state index is -0.709. The van der Waals surface area contributed by atoms with Gasteiger partial charge in [-0.25, -0.2) is 0 Å². The Balaban J connectivity index is 2.15. The third-order valence-corrected chi connectivity index (χ3v) is 4.08. The zero-order chi connectivity index (χ0) is 13.1. The molecule has 1 aliphatic rings. The van der Waals surface area contributed by atoms with Crippen molar-refractivity contribution >= 4 is 21.9 Å². The lowest BCUT2D eigenvalue weighted by Crippen LogP contribution is -2.41. The predicted molar refractivity (Wildman–Crippen MR) is 74.8 cm³/mol. The molecular formula is C14H18BrNO2. The van der Waals surface area contributed by atoms with Crippen molar-refractivity contribution in [2.75, 3.05) is 13.1 Å². The van der Waals surface area contributed by atoms with Crippen LogP contribution in [0.1, 0.15) is 24.0 Å². The molecule has 2 rings (SSSR count). The number of aryl methyl sites for hydroxylation is 1. The van der Waals surface area contributed by atoms with Crippen LogP contribution in [0.5, 0.6) is 0 Å². The number of aliphatic carboxylic acids is 1. The van der Waals surface area contributed by atoms with E-state index < -0.39 is 5.97 Å². The number of hydrogen-bond donors (Lipinski definition) is 1. The highest BCUT2D eigenvalue weighted by Crippen LogP contribution is 2.20. The van der Waals surface area contributed by atoms with Gasteiger partial charge in [0.15, 0.2) is 0 Å². The Bertz CT molecular complexity index is 441. The molecule has 1 unspecified atom stereocenters. The molecule has 0 amide bonds. The molecule has 4 heteroatoms. The number of nitrogens with zero attached hydrogens (tertiary/aromatic N) is 1. The van der Waals surface area contributed by atoms with E-state index in [0.29, 0.717) is 6.42 Å². The number of likely N-dealkylation sites (tertiary alicyclic amines) is 1. The summed E-state index contributed by atoms with van der Waals surface area (Å²) in [6.45, 7) is 3.85. The Morgan fingerprint density at radius 1 is 1.44 bits per heavy atom. The molecule has 1 saturated heterocycles. The summed E-state index contributed by atoms with van der Waals surface area (Å²) in [5.74, 6) is -0.709. The Labute approximate surface area is 116 Å². The molecule has 0 spiro atoms. The lowest BCUT2D eigenvalue weighted by atomic mass is 10.0. The monoisotopic (exact) mass is 311 g/mol. The molecule has 1 aliphatic heterocycles. The molecule has 1 fully saturated rings. The maximum atomic E-state index is 11.4. The average molecular weight is 312 g/mol. The second-order valence-electron chi connectivity index (χ2n) is 4.87. The Morgan fingerprint density at radius 3 is 2.67 bits per heavy atom. The van der Waals surface area contributed by atoms with E-state index in [2.05, 4.69) is 20.8 Å². The van der Waals surface area contributed by atoms with E-state index in [0.717, 1.165) is 41.5 Å². The van der Waals surface area contributed by atoms with Crippen molar-refractivity contribution in [2.45, 2.75) is 32.2 Å². The van der Waals surface area contributed by atoms with Crippen molar-refractivity contribution in [2.24, 2.45) is 0 Å². The fourth-order valence-electron chi connectivity index (χ4n) is 2.52. The molecule has 18 heavy (non-hydrogen) atoms. The Kier molecular flexibility index (Phi) is 4.40. The largest absolute Gasteiger partial charge is 0.480 e. The third-order valence-electron chi connectivity index (χ3n) is 3.58. The van der Waals surface area contributed by atoms with Crippen molar-refractivity contribution in [1.82, 2.24) is 4.90 Å². The zero-order valence-corrected chi connectivity index (χ0v) is 12.1. The van der Waals surface area contributed by atoms with Gasteiger partial charge in [0, 0.05) is 4.47 Å². The topological polar surface area (TPSA) is 40.5 Å². The van der Waals surface area contributed by atoms with Crippen LogP contribution in [0, 0.1) is 6.92 Å². The molecule has 1 atom stereocenters. The molecule has 0 aromatic heterocycles. The quantitative estimate of drug-likeness (QED) is 0.929. The van der Waals surface area contributed by atoms with Crippen LogP contribution in [0.2, 0.25) is 0 Å². The van der Waals surface area contributed by atoms with Crippen LogP contribution in [0.15, 0.2) is 22.7 Å². The summed E-state index contributed by atoms with van der Waals surface area (Å²) in [6, 6.07) is 5.65. The molecule has 1 aromatic rings. The number of halogens is 1. The van der Waals surface area contributed by atoms with E-state index in [9.17, 15) is 9.90 Å². The van der Waals surface area contributed by atoms with E-state index in [1.165, 1.54) is 0 Å². The first kappa shape index (κ1) is 13.6. The van der Waals surface area contributed by atoms with Gasteiger partial charge in [0.1, 0.15) is 6.04 Å². The van der Waals surface area contributed by atoms with Crippen LogP contribution in [0.3, 0.4) is 0 Å². The average Bonchev–Trinajstić information content (AvgIpc) is 2.80. The minimum absolute atomic E-state index is 0.382. The van der Waals surface area contributed by atoms with Crippen LogP contribution in [0.4, 0.5) is 0 Å². The summed E-state index contributed by atoms with van der Waals surface area (Å²) in [4.78, 5) is 13.5. The standard InChI is InChI=1S/C14H18BrNO2/c1-10-8-12(15)5-4-11(10)9-13(14(17)18)16-6-2-3-7-16/h4-5,8,13H,2-3,6-7,9H2,1H3,(H,17,18). The summed E-state index contributed by atoms with van der Waals surface area (Å²) in [6.07, 6.45) is 2.82. The number of rotatable bonds is 4. The molecule has 1 aromatic carbocycles. The summed E-state index contributed by atoms with van der Waals surface area (Å²) in [5.41, 5.74) is 2.27. The number of carboxylic acids is 1. The minimum Gasteiger partial charge on any atom is -0.480 e. The summed E-state index contributed by atoms with van der Waals surface area (Å²) in [7, 11) is 0. The first-order valence-electron chi connectivity index (χ1n) is 6.30. The molecule has 0 aliphatic carbocycles. The van der Waals surface area contributed by atoms with Gasteiger partial charge in [-0.15, -0.1) is 0 Å². The third kappa shape index (κ3) is 3.12. The molecule has 3 nitrogen and oxygen atoms in total. The van der Waals surface area contributed by atoms with Crippen LogP contribution in [-0.2, 0) is 11.2 Å². The van der Waals surface area contributed by atoms with Crippen molar-refractivity contribution < 1.29 is 9.90 Å². The second kappa shape index (κ2) is 5.85. The Morgan fingerprint density at radius 2 is 2.11 bits per heavy atom. The molecular weight excluding hydrogens is 294 g/mol. The molecule has 0 saturated carbocycles. The van der Waals surface area contributed by atoms with Gasteiger partial charge < -0.3 is 5.11 Å². The lowest BCUT2D eigenvalue weighted by molar-refractivity contribution is -0.142. The van der Waals surface area contributed by atoms with Crippen molar-refractivity contribution in [1.29, 1.82) is 0 Å². The van der Waals surface area contributed by atoms with Gasteiger partial charge in [0.2, 0.25) is 0 Å². The first-order valence-corrected chi connectivity index (χ1v) is 7.09. The van der Waals surface area contributed by atoms with Crippen molar-refractivity contribution in [3.63, 3.8) is 0 Å². The zero-order valence-electron chi connectivity index (χ0n) is 10.5. The highest BCUT2D eigenvalue weighted by molar-refractivity contribution is 9.10. The van der Waals surface area contributed by atoms with Crippen LogP contribution in [0.25, 0.3) is 0 Å². The van der Waals surface area contributed by atoms with Crippen LogP contribution >= 0.6 is 15.9 Å². The van der Waals surface area contributed by atoms with Crippen LogP contribution in [-0.4, -0.2) is 35.1 Å². The molecule has 0 radical (unpaired) electrons. The second-order valence-corrected chi connectivity index (χ2v) is 5.79. The highest BCUT2D eigenvalue weighted by atomic mass is 79.9. The lowest BCUT2D eigenvalue weighted by Gasteiger charge is -2.24. The van der Waals surface area contributed by atoms with Gasteiger partial charge in [0.25, 0.3) is 0 Å². The highest BCUT2D eigenvalue weighted by Gasteiger charge is 2.28. The van der Waals surface area contributed by atoms with E-state index >= 15 is 0 Å². The van der Waals surface area contributed by atoms with Crippen molar-refractivity contribution in [3.05, 3.63) is 33.8 Å². The summed E-state index contributed by atoms with van der Waals surface area (Å²) in [5, 5.41) is 9.39. The first-order chi connectivity index (χ1) is 8.58. The fraction of sp³-hybridized carbons (Fsp3) is 0.500. The van der Waals surface area contributed by atoms with Gasteiger partial charge in [-0.3, -0.25) is 9.69 Å². The summed E-state index contributed by atoms with van der Waals surface area (Å²) >= 11 is 3.43. The number of carboxylic acid groups (broad SMARTS) is 1. The normalized spacial score (nSPS) is 17.9. The number of hydrogen-bond acceptors (Lipinski definition) is 2. The predicted octanol–water partition coefficient (Wildman–Crippen LogP) is 2.85. The number of carbonyl (C=O) groups is 1. The maximum Gasteiger partial charge on any atom is 0.321 e. The molecule has 0 bridgehead atoms. The van der Waals surface area contributed by atoms with Crippen LogP contribution < -0.4 is 0 Å². The molecule has 1 heterocycles. The molecule has 1 N–H and O–H groups in total. The van der Waals surface area contributed by atoms with Gasteiger partial charge in [0.05, 0.1) is 0 Å². The molecule has 98 valence electrons. The van der Waals surface area contributed by atoms with Gasteiger partial charge in [-0.05, 0) is 62.5 Å². The van der Waals surface area contributed by atoms with E-state index in [-0.39, 0.29) is 6.04 Å². The van der Waals surface area contributed by atoms with Gasteiger partial charge in [-0.2, -0.15) is 0 Å². The van der Waals surface area contributed by atoms with Gasteiger partial charge in [-0.1, -0.05) is 22.0 Å². The summed E-state index contributed by atoms with van der Waals surface area (Å²) < 4.78 is 1.04. The SMILES string of the molecule is Cc1cc(Br)ccc1CC(C(=O)O)N1CCCC1.